The van der Waals surface area contributed by atoms with Crippen LogP contribution in [0.4, 0.5) is 0 Å². The summed E-state index contributed by atoms with van der Waals surface area (Å²) in [6.45, 7) is 11.0. The molecular weight excluding hydrogens is 242 g/mol. The molecule has 0 radical (unpaired) electrons. The van der Waals surface area contributed by atoms with Gasteiger partial charge in [-0.25, -0.2) is 4.98 Å². The molecule has 0 aromatic carbocycles. The lowest BCUT2D eigenvalue weighted by Crippen LogP contribution is -2.52. The fraction of sp³-hybridized carbons (Fsp3) is 0.786. The SMILES string of the molecule is CC(C)NC1(c2nc(C(C)C)cs2)CCNCC1. The molecule has 1 aliphatic heterocycles. The van der Waals surface area contributed by atoms with Gasteiger partial charge in [0.1, 0.15) is 5.01 Å². The summed E-state index contributed by atoms with van der Waals surface area (Å²) in [5, 5.41) is 10.7. The highest BCUT2D eigenvalue weighted by atomic mass is 32.1. The fourth-order valence-electron chi connectivity index (χ4n) is 2.60. The maximum atomic E-state index is 4.89. The van der Waals surface area contributed by atoms with Crippen molar-refractivity contribution in [3.05, 3.63) is 16.1 Å². The highest BCUT2D eigenvalue weighted by Gasteiger charge is 2.36. The van der Waals surface area contributed by atoms with Crippen LogP contribution < -0.4 is 10.6 Å². The smallest absolute Gasteiger partial charge is 0.113 e. The monoisotopic (exact) mass is 267 g/mol. The first-order valence-electron chi connectivity index (χ1n) is 6.98. The second kappa shape index (κ2) is 5.68. The quantitative estimate of drug-likeness (QED) is 0.881. The van der Waals surface area contributed by atoms with Crippen molar-refractivity contribution >= 4 is 11.3 Å². The van der Waals surface area contributed by atoms with E-state index in [2.05, 4.69) is 43.7 Å². The molecular formula is C14H25N3S. The average Bonchev–Trinajstić information content (AvgIpc) is 2.79. The molecule has 102 valence electrons. The van der Waals surface area contributed by atoms with Crippen LogP contribution in [0.15, 0.2) is 5.38 Å². The molecule has 0 amide bonds. The van der Waals surface area contributed by atoms with Crippen LogP contribution in [-0.2, 0) is 5.54 Å². The number of aromatic nitrogens is 1. The Bertz CT molecular complexity index is 378. The molecule has 0 spiro atoms. The third-order valence-electron chi connectivity index (χ3n) is 3.54. The van der Waals surface area contributed by atoms with E-state index in [1.165, 1.54) is 10.7 Å². The van der Waals surface area contributed by atoms with Gasteiger partial charge >= 0.3 is 0 Å². The van der Waals surface area contributed by atoms with Crippen LogP contribution in [0, 0.1) is 0 Å². The molecule has 2 rings (SSSR count). The number of thiazole rings is 1. The Balaban J connectivity index is 2.26. The molecule has 2 N–H and O–H groups in total. The van der Waals surface area contributed by atoms with Crippen molar-refractivity contribution in [2.75, 3.05) is 13.1 Å². The molecule has 3 nitrogen and oxygen atoms in total. The molecule has 0 unspecified atom stereocenters. The van der Waals surface area contributed by atoms with Crippen LogP contribution in [-0.4, -0.2) is 24.1 Å². The van der Waals surface area contributed by atoms with Gasteiger partial charge in [-0.15, -0.1) is 11.3 Å². The van der Waals surface area contributed by atoms with Crippen LogP contribution >= 0.6 is 11.3 Å². The Hall–Kier alpha value is -0.450. The lowest BCUT2D eigenvalue weighted by atomic mass is 9.88. The summed E-state index contributed by atoms with van der Waals surface area (Å²) in [5.74, 6) is 0.521. The van der Waals surface area contributed by atoms with Crippen molar-refractivity contribution in [3.63, 3.8) is 0 Å². The molecule has 1 aromatic rings. The topological polar surface area (TPSA) is 37.0 Å². The first-order valence-corrected chi connectivity index (χ1v) is 7.86. The highest BCUT2D eigenvalue weighted by Crippen LogP contribution is 2.34. The van der Waals surface area contributed by atoms with Gasteiger partial charge in [-0.05, 0) is 45.7 Å². The van der Waals surface area contributed by atoms with Crippen molar-refractivity contribution in [1.82, 2.24) is 15.6 Å². The Morgan fingerprint density at radius 1 is 1.28 bits per heavy atom. The Morgan fingerprint density at radius 2 is 1.94 bits per heavy atom. The Morgan fingerprint density at radius 3 is 2.44 bits per heavy atom. The van der Waals surface area contributed by atoms with E-state index in [0.29, 0.717) is 12.0 Å². The summed E-state index contributed by atoms with van der Waals surface area (Å²) >= 11 is 1.82. The number of hydrogen-bond donors (Lipinski definition) is 2. The average molecular weight is 267 g/mol. The van der Waals surface area contributed by atoms with Crippen LogP contribution in [0.25, 0.3) is 0 Å². The molecule has 2 heterocycles. The number of piperidine rings is 1. The second-order valence-corrected chi connectivity index (χ2v) is 6.72. The fourth-order valence-corrected chi connectivity index (χ4v) is 3.80. The molecule has 1 aliphatic rings. The zero-order valence-corrected chi connectivity index (χ0v) is 12.7. The molecule has 1 saturated heterocycles. The minimum Gasteiger partial charge on any atom is -0.317 e. The number of nitrogens with one attached hydrogen (secondary N) is 2. The predicted octanol–water partition coefficient (Wildman–Crippen LogP) is 2.84. The Kier molecular flexibility index (Phi) is 4.41. The van der Waals surface area contributed by atoms with Crippen molar-refractivity contribution in [2.45, 2.75) is 58.0 Å². The lowest BCUT2D eigenvalue weighted by Gasteiger charge is -2.38. The second-order valence-electron chi connectivity index (χ2n) is 5.86. The van der Waals surface area contributed by atoms with E-state index in [9.17, 15) is 0 Å². The molecule has 1 aromatic heterocycles. The van der Waals surface area contributed by atoms with E-state index < -0.39 is 0 Å². The van der Waals surface area contributed by atoms with Crippen LogP contribution in [0.3, 0.4) is 0 Å². The van der Waals surface area contributed by atoms with E-state index in [1.54, 1.807) is 0 Å². The largest absolute Gasteiger partial charge is 0.317 e. The van der Waals surface area contributed by atoms with Gasteiger partial charge in [-0.2, -0.15) is 0 Å². The maximum Gasteiger partial charge on any atom is 0.113 e. The molecule has 18 heavy (non-hydrogen) atoms. The standard InChI is InChI=1S/C14H25N3S/c1-10(2)12-9-18-13(16-12)14(17-11(3)4)5-7-15-8-6-14/h9-11,15,17H,5-8H2,1-4H3. The summed E-state index contributed by atoms with van der Waals surface area (Å²) < 4.78 is 0. The van der Waals surface area contributed by atoms with E-state index in [0.717, 1.165) is 25.9 Å². The number of hydrogen-bond acceptors (Lipinski definition) is 4. The van der Waals surface area contributed by atoms with Gasteiger partial charge in [0.05, 0.1) is 11.2 Å². The molecule has 4 heteroatoms. The van der Waals surface area contributed by atoms with Crippen molar-refractivity contribution in [3.8, 4) is 0 Å². The minimum atomic E-state index is 0.0945. The third kappa shape index (κ3) is 2.92. The zero-order valence-electron chi connectivity index (χ0n) is 11.9. The van der Waals surface area contributed by atoms with Gasteiger partial charge in [0.2, 0.25) is 0 Å². The normalized spacial score (nSPS) is 19.7. The van der Waals surface area contributed by atoms with E-state index in [1.807, 2.05) is 11.3 Å². The predicted molar refractivity (Wildman–Crippen MR) is 78.3 cm³/mol. The van der Waals surface area contributed by atoms with Gasteiger partial charge in [0, 0.05) is 11.4 Å². The summed E-state index contributed by atoms with van der Waals surface area (Å²) in [4.78, 5) is 4.89. The summed E-state index contributed by atoms with van der Waals surface area (Å²) in [5.41, 5.74) is 1.33. The van der Waals surface area contributed by atoms with Gasteiger partial charge in [0.25, 0.3) is 0 Å². The minimum absolute atomic E-state index is 0.0945. The van der Waals surface area contributed by atoms with Gasteiger partial charge in [-0.3, -0.25) is 0 Å². The van der Waals surface area contributed by atoms with Crippen LogP contribution in [0.2, 0.25) is 0 Å². The summed E-state index contributed by atoms with van der Waals surface area (Å²) in [7, 11) is 0. The first kappa shape index (κ1) is 14.0. The number of nitrogens with zero attached hydrogens (tertiary/aromatic N) is 1. The van der Waals surface area contributed by atoms with Gasteiger partial charge < -0.3 is 10.6 Å². The Labute approximate surface area is 114 Å². The summed E-state index contributed by atoms with van der Waals surface area (Å²) in [6.07, 6.45) is 2.27. The zero-order chi connectivity index (χ0) is 13.2. The molecule has 1 fully saturated rings. The first-order chi connectivity index (χ1) is 8.53. The molecule has 0 saturated carbocycles. The van der Waals surface area contributed by atoms with Crippen molar-refractivity contribution in [1.29, 1.82) is 0 Å². The van der Waals surface area contributed by atoms with E-state index >= 15 is 0 Å². The summed E-state index contributed by atoms with van der Waals surface area (Å²) in [6, 6.07) is 0.495. The molecule has 0 aliphatic carbocycles. The molecule has 0 atom stereocenters. The van der Waals surface area contributed by atoms with Crippen molar-refractivity contribution in [2.24, 2.45) is 0 Å². The maximum absolute atomic E-state index is 4.89. The highest BCUT2D eigenvalue weighted by molar-refractivity contribution is 7.09. The van der Waals surface area contributed by atoms with Gasteiger partial charge in [-0.1, -0.05) is 13.8 Å². The number of rotatable bonds is 4. The van der Waals surface area contributed by atoms with Gasteiger partial charge in [0.15, 0.2) is 0 Å². The van der Waals surface area contributed by atoms with Crippen LogP contribution in [0.1, 0.15) is 57.2 Å². The molecule has 0 bridgehead atoms. The van der Waals surface area contributed by atoms with Crippen LogP contribution in [0.5, 0.6) is 0 Å². The van der Waals surface area contributed by atoms with E-state index in [4.69, 9.17) is 4.98 Å². The van der Waals surface area contributed by atoms with Crippen molar-refractivity contribution < 1.29 is 0 Å². The lowest BCUT2D eigenvalue weighted by molar-refractivity contribution is 0.227. The van der Waals surface area contributed by atoms with E-state index in [-0.39, 0.29) is 5.54 Å². The third-order valence-corrected chi connectivity index (χ3v) is 4.61.